The van der Waals surface area contributed by atoms with Crippen LogP contribution in [0, 0.1) is 5.92 Å². The highest BCUT2D eigenvalue weighted by molar-refractivity contribution is 7.52. The van der Waals surface area contributed by atoms with Crippen molar-refractivity contribution in [2.75, 3.05) is 18.2 Å². The number of rotatable bonds is 10. The van der Waals surface area contributed by atoms with Gasteiger partial charge in [-0.25, -0.2) is 9.18 Å². The summed E-state index contributed by atoms with van der Waals surface area (Å²) in [5.41, 5.74) is -0.576. The average molecular weight is 462 g/mol. The van der Waals surface area contributed by atoms with Crippen LogP contribution in [0.5, 0.6) is 0 Å². The Labute approximate surface area is 184 Å². The molecule has 0 aliphatic carbocycles. The largest absolute Gasteiger partial charge is 0.347 e. The number of carbonyl (C=O) groups is 2. The van der Waals surface area contributed by atoms with Gasteiger partial charge in [0.15, 0.2) is 0 Å². The van der Waals surface area contributed by atoms with E-state index in [2.05, 4.69) is 16.0 Å². The molecule has 0 saturated heterocycles. The summed E-state index contributed by atoms with van der Waals surface area (Å²) in [4.78, 5) is 34.3. The van der Waals surface area contributed by atoms with Gasteiger partial charge in [-0.2, -0.15) is 0 Å². The molecule has 4 N–H and O–H groups in total. The maximum atomic E-state index is 13.9. The van der Waals surface area contributed by atoms with Crippen LogP contribution < -0.4 is 16.0 Å². The van der Waals surface area contributed by atoms with Crippen LogP contribution in [0.3, 0.4) is 0 Å². The number of anilines is 1. The lowest BCUT2D eigenvalue weighted by Gasteiger charge is -2.21. The molecular formula is C21H37FN3O5P. The maximum absolute atomic E-state index is 13.9. The average Bonchev–Trinajstić information content (AvgIpc) is 2.66. The van der Waals surface area contributed by atoms with Gasteiger partial charge in [-0.3, -0.25) is 9.36 Å². The molecule has 0 aromatic heterocycles. The van der Waals surface area contributed by atoms with E-state index in [4.69, 9.17) is 4.52 Å². The normalized spacial score (nSPS) is 14.0. The fraction of sp³-hybridized carbons (Fsp3) is 0.619. The quantitative estimate of drug-likeness (QED) is 0.375. The third-order valence-corrected chi connectivity index (χ3v) is 5.16. The molecule has 0 fully saturated rings. The SMILES string of the molecule is CC.CCOP(=O)(O)CNC(=O)C(CC(C)C)NC(=O)Nc1ccc(C(C)(C)F)cc1. The van der Waals surface area contributed by atoms with E-state index in [0.717, 1.165) is 0 Å². The van der Waals surface area contributed by atoms with Crippen LogP contribution in [-0.4, -0.2) is 35.8 Å². The molecule has 0 aliphatic heterocycles. The summed E-state index contributed by atoms with van der Waals surface area (Å²) in [6, 6.07) is 4.76. The maximum Gasteiger partial charge on any atom is 0.347 e. The Hall–Kier alpha value is -1.96. The van der Waals surface area contributed by atoms with Gasteiger partial charge < -0.3 is 25.4 Å². The summed E-state index contributed by atoms with van der Waals surface area (Å²) in [6.45, 7) is 12.3. The fourth-order valence-electron chi connectivity index (χ4n) is 2.53. The van der Waals surface area contributed by atoms with E-state index in [1.807, 2.05) is 27.7 Å². The first-order valence-corrected chi connectivity index (χ1v) is 12.2. The lowest BCUT2D eigenvalue weighted by atomic mass is 10.0. The van der Waals surface area contributed by atoms with Crippen LogP contribution in [0.4, 0.5) is 14.9 Å². The summed E-state index contributed by atoms with van der Waals surface area (Å²) in [7, 11) is -3.92. The topological polar surface area (TPSA) is 117 Å². The third-order valence-electron chi connectivity index (χ3n) is 3.94. The van der Waals surface area contributed by atoms with Crippen LogP contribution in [0.2, 0.25) is 0 Å². The smallest absolute Gasteiger partial charge is 0.343 e. The van der Waals surface area contributed by atoms with Crippen LogP contribution in [0.25, 0.3) is 0 Å². The minimum absolute atomic E-state index is 0.0398. The molecular weight excluding hydrogens is 424 g/mol. The number of urea groups is 1. The minimum atomic E-state index is -3.92. The molecule has 0 radical (unpaired) electrons. The molecule has 178 valence electrons. The molecule has 0 saturated carbocycles. The number of hydrogen-bond donors (Lipinski definition) is 4. The van der Waals surface area contributed by atoms with Crippen molar-refractivity contribution < 1.29 is 28.0 Å². The molecule has 1 rings (SSSR count). The van der Waals surface area contributed by atoms with Crippen molar-refractivity contribution in [2.45, 2.75) is 66.6 Å². The first kappa shape index (κ1) is 29.0. The van der Waals surface area contributed by atoms with Gasteiger partial charge in [0.05, 0.1) is 6.61 Å². The number of benzene rings is 1. The number of hydrogen-bond acceptors (Lipinski definition) is 4. The van der Waals surface area contributed by atoms with Crippen molar-refractivity contribution in [3.63, 3.8) is 0 Å². The van der Waals surface area contributed by atoms with Gasteiger partial charge in [0, 0.05) is 5.69 Å². The van der Waals surface area contributed by atoms with Gasteiger partial charge in [-0.1, -0.05) is 39.8 Å². The Morgan fingerprint density at radius 3 is 2.19 bits per heavy atom. The zero-order valence-electron chi connectivity index (χ0n) is 19.5. The predicted molar refractivity (Wildman–Crippen MR) is 122 cm³/mol. The molecule has 8 nitrogen and oxygen atoms in total. The lowest BCUT2D eigenvalue weighted by Crippen LogP contribution is -2.48. The van der Waals surface area contributed by atoms with Crippen LogP contribution >= 0.6 is 7.60 Å². The van der Waals surface area contributed by atoms with Crippen molar-refractivity contribution in [2.24, 2.45) is 5.92 Å². The molecule has 0 bridgehead atoms. The molecule has 31 heavy (non-hydrogen) atoms. The molecule has 1 aromatic carbocycles. The second-order valence-electron chi connectivity index (χ2n) is 7.58. The Balaban J connectivity index is 0.00000436. The van der Waals surface area contributed by atoms with Crippen molar-refractivity contribution >= 4 is 25.2 Å². The van der Waals surface area contributed by atoms with Gasteiger partial charge >= 0.3 is 13.6 Å². The summed E-state index contributed by atoms with van der Waals surface area (Å²) in [5, 5.41) is 7.50. The third kappa shape index (κ3) is 11.9. The van der Waals surface area contributed by atoms with Crippen molar-refractivity contribution in [1.29, 1.82) is 0 Å². The van der Waals surface area contributed by atoms with E-state index in [1.165, 1.54) is 13.8 Å². The molecule has 1 aromatic rings. The zero-order chi connectivity index (χ0) is 24.2. The molecule has 0 spiro atoms. The molecule has 10 heteroatoms. The number of carbonyl (C=O) groups excluding carboxylic acids is 2. The molecule has 0 aliphatic rings. The highest BCUT2D eigenvalue weighted by Gasteiger charge is 2.26. The van der Waals surface area contributed by atoms with E-state index in [0.29, 0.717) is 17.7 Å². The predicted octanol–water partition coefficient (Wildman–Crippen LogP) is 4.75. The highest BCUT2D eigenvalue weighted by atomic mass is 31.2. The van der Waals surface area contributed by atoms with E-state index in [-0.39, 0.29) is 12.5 Å². The molecule has 2 atom stereocenters. The second-order valence-corrected chi connectivity index (χ2v) is 9.43. The van der Waals surface area contributed by atoms with Crippen molar-refractivity contribution in [1.82, 2.24) is 10.6 Å². The Morgan fingerprint density at radius 2 is 1.74 bits per heavy atom. The van der Waals surface area contributed by atoms with Gasteiger partial charge in [0.25, 0.3) is 0 Å². The van der Waals surface area contributed by atoms with E-state index >= 15 is 0 Å². The monoisotopic (exact) mass is 461 g/mol. The summed E-state index contributed by atoms with van der Waals surface area (Å²) >= 11 is 0. The molecule has 0 heterocycles. The Kier molecular flexibility index (Phi) is 12.6. The second kappa shape index (κ2) is 13.5. The minimum Gasteiger partial charge on any atom is -0.343 e. The summed E-state index contributed by atoms with van der Waals surface area (Å²) < 4.78 is 30.3. The summed E-state index contributed by atoms with van der Waals surface area (Å²) in [5.74, 6) is -0.498. The van der Waals surface area contributed by atoms with E-state index < -0.39 is 37.5 Å². The number of amides is 3. The first-order chi connectivity index (χ1) is 14.3. The van der Waals surface area contributed by atoms with Gasteiger partial charge in [-0.05, 0) is 50.8 Å². The van der Waals surface area contributed by atoms with Crippen molar-refractivity contribution in [3.8, 4) is 0 Å². The van der Waals surface area contributed by atoms with Gasteiger partial charge in [0.2, 0.25) is 5.91 Å². The summed E-state index contributed by atoms with van der Waals surface area (Å²) in [6.07, 6.45) is -0.212. The zero-order valence-corrected chi connectivity index (χ0v) is 20.4. The number of alkyl halides is 1. The van der Waals surface area contributed by atoms with Crippen molar-refractivity contribution in [3.05, 3.63) is 29.8 Å². The van der Waals surface area contributed by atoms with Gasteiger partial charge in [0.1, 0.15) is 18.0 Å². The Bertz CT molecular complexity index is 736. The van der Waals surface area contributed by atoms with Crippen LogP contribution in [-0.2, 0) is 19.6 Å². The standard InChI is InChI=1S/C19H31FN3O5P.C2H6/c1-6-28-29(26,27)12-21-17(24)16(11-13(2)3)23-18(25)22-15-9-7-14(8-10-15)19(4,5)20;1-2/h7-10,13,16H,6,11-12H2,1-5H3,(H,21,24)(H,26,27)(H2,22,23,25);1-2H3. The number of nitrogens with one attached hydrogen (secondary N) is 3. The van der Waals surface area contributed by atoms with Crippen LogP contribution in [0.1, 0.15) is 60.5 Å². The first-order valence-electron chi connectivity index (χ1n) is 10.4. The highest BCUT2D eigenvalue weighted by Crippen LogP contribution is 2.39. The van der Waals surface area contributed by atoms with Gasteiger partial charge in [-0.15, -0.1) is 0 Å². The molecule has 3 amide bonds. The Morgan fingerprint density at radius 1 is 1.19 bits per heavy atom. The molecule has 2 unspecified atom stereocenters. The van der Waals surface area contributed by atoms with E-state index in [9.17, 15) is 23.4 Å². The van der Waals surface area contributed by atoms with Crippen LogP contribution in [0.15, 0.2) is 24.3 Å². The van der Waals surface area contributed by atoms with E-state index in [1.54, 1.807) is 31.2 Å². The lowest BCUT2D eigenvalue weighted by molar-refractivity contribution is -0.123. The fourth-order valence-corrected chi connectivity index (χ4v) is 3.38. The number of halogens is 1.